The van der Waals surface area contributed by atoms with E-state index in [4.69, 9.17) is 4.74 Å². The van der Waals surface area contributed by atoms with Crippen molar-refractivity contribution in [2.45, 2.75) is 32.9 Å². The lowest BCUT2D eigenvalue weighted by atomic mass is 10.1. The van der Waals surface area contributed by atoms with Crippen LogP contribution in [0, 0.1) is 6.92 Å². The maximum atomic E-state index is 5.62. The van der Waals surface area contributed by atoms with Crippen molar-refractivity contribution in [2.24, 2.45) is 4.99 Å². The van der Waals surface area contributed by atoms with Crippen LogP contribution < -0.4 is 10.1 Å². The Balaban J connectivity index is 1.53. The van der Waals surface area contributed by atoms with Gasteiger partial charge in [0.15, 0.2) is 5.96 Å². The third-order valence-corrected chi connectivity index (χ3v) is 5.03. The number of ether oxygens (including phenoxy) is 1. The van der Waals surface area contributed by atoms with Crippen LogP contribution in [0.3, 0.4) is 0 Å². The summed E-state index contributed by atoms with van der Waals surface area (Å²) in [5.41, 5.74) is 2.43. The molecule has 2 aliphatic heterocycles. The molecule has 1 fully saturated rings. The molecule has 5 nitrogen and oxygen atoms in total. The first kappa shape index (κ1) is 17.8. The fraction of sp³-hybridized carbons (Fsp3) is 0.550. The van der Waals surface area contributed by atoms with Gasteiger partial charge in [0, 0.05) is 45.8 Å². The predicted octanol–water partition coefficient (Wildman–Crippen LogP) is 2.42. The quantitative estimate of drug-likeness (QED) is 0.507. The van der Waals surface area contributed by atoms with E-state index in [1.165, 1.54) is 17.5 Å². The first-order valence-electron chi connectivity index (χ1n) is 9.28. The van der Waals surface area contributed by atoms with Crippen LogP contribution in [0.2, 0.25) is 0 Å². The van der Waals surface area contributed by atoms with Gasteiger partial charge in [-0.1, -0.05) is 24.3 Å². The number of aliphatic imine (C=N–C) groups is 1. The summed E-state index contributed by atoms with van der Waals surface area (Å²) in [5.74, 6) is 1.97. The first-order chi connectivity index (χ1) is 12.2. The maximum absolute atomic E-state index is 5.62. The summed E-state index contributed by atoms with van der Waals surface area (Å²) in [4.78, 5) is 9.41. The smallest absolute Gasteiger partial charge is 0.193 e. The van der Waals surface area contributed by atoms with E-state index in [-0.39, 0.29) is 0 Å². The Kier molecular flexibility index (Phi) is 5.97. The third kappa shape index (κ3) is 4.34. The number of aryl methyl sites for hydroxylation is 1. The Morgan fingerprint density at radius 2 is 2.12 bits per heavy atom. The topological polar surface area (TPSA) is 40.1 Å². The van der Waals surface area contributed by atoms with Crippen molar-refractivity contribution in [1.82, 2.24) is 15.1 Å². The highest BCUT2D eigenvalue weighted by Crippen LogP contribution is 2.20. The number of nitrogens with zero attached hydrogens (tertiary/aromatic N) is 3. The molecule has 1 N–H and O–H groups in total. The van der Waals surface area contributed by atoms with Crippen LogP contribution in [0.1, 0.15) is 24.5 Å². The van der Waals surface area contributed by atoms with Gasteiger partial charge < -0.3 is 15.0 Å². The average molecular weight is 342 g/mol. The molecule has 0 aromatic heterocycles. The van der Waals surface area contributed by atoms with Crippen LogP contribution in [0.15, 0.2) is 35.3 Å². The van der Waals surface area contributed by atoms with E-state index >= 15 is 0 Å². The molecule has 1 aromatic rings. The second kappa shape index (κ2) is 8.39. The maximum Gasteiger partial charge on any atom is 0.193 e. The van der Waals surface area contributed by atoms with Crippen molar-refractivity contribution in [3.8, 4) is 5.75 Å². The standard InChI is InChI=1S/C20H30N4O/c1-4-25-19-8-7-17(13-16(19)2)14-22-20(21-3)24-12-9-18(15-24)23-10-5-6-11-23/h5-8,13,18H,4,9-12,14-15H2,1-3H3,(H,21,22). The molecule has 2 heterocycles. The fourth-order valence-electron chi connectivity index (χ4n) is 3.68. The van der Waals surface area contributed by atoms with Gasteiger partial charge >= 0.3 is 0 Å². The number of likely N-dealkylation sites (tertiary alicyclic amines) is 1. The minimum absolute atomic E-state index is 0.640. The van der Waals surface area contributed by atoms with E-state index in [0.717, 1.165) is 44.4 Å². The summed E-state index contributed by atoms with van der Waals surface area (Å²) in [7, 11) is 1.87. The minimum atomic E-state index is 0.640. The lowest BCUT2D eigenvalue weighted by Gasteiger charge is -2.25. The van der Waals surface area contributed by atoms with Gasteiger partial charge in [-0.25, -0.2) is 0 Å². The third-order valence-electron chi connectivity index (χ3n) is 5.03. The van der Waals surface area contributed by atoms with Gasteiger partial charge in [0.2, 0.25) is 0 Å². The largest absolute Gasteiger partial charge is 0.494 e. The van der Waals surface area contributed by atoms with E-state index in [9.17, 15) is 0 Å². The van der Waals surface area contributed by atoms with E-state index in [2.05, 4.69) is 57.4 Å². The number of benzene rings is 1. The molecular weight excluding hydrogens is 312 g/mol. The van der Waals surface area contributed by atoms with Crippen LogP contribution in [-0.2, 0) is 6.54 Å². The van der Waals surface area contributed by atoms with Gasteiger partial charge in [-0.05, 0) is 37.5 Å². The van der Waals surface area contributed by atoms with Crippen molar-refractivity contribution in [3.05, 3.63) is 41.5 Å². The summed E-state index contributed by atoms with van der Waals surface area (Å²) in [6.45, 7) is 9.91. The summed E-state index contributed by atoms with van der Waals surface area (Å²) in [6, 6.07) is 7.01. The Morgan fingerprint density at radius 1 is 1.32 bits per heavy atom. The van der Waals surface area contributed by atoms with Crippen molar-refractivity contribution < 1.29 is 4.74 Å². The summed E-state index contributed by atoms with van der Waals surface area (Å²) in [6.07, 6.45) is 5.75. The molecule has 0 amide bonds. The molecule has 1 atom stereocenters. The number of hydrogen-bond donors (Lipinski definition) is 1. The van der Waals surface area contributed by atoms with Gasteiger partial charge in [-0.2, -0.15) is 0 Å². The second-order valence-corrected chi connectivity index (χ2v) is 6.75. The lowest BCUT2D eigenvalue weighted by Crippen LogP contribution is -2.42. The molecule has 0 aliphatic carbocycles. The number of hydrogen-bond acceptors (Lipinski definition) is 3. The Labute approximate surface area is 151 Å². The minimum Gasteiger partial charge on any atom is -0.494 e. The van der Waals surface area contributed by atoms with Crippen LogP contribution >= 0.6 is 0 Å². The van der Waals surface area contributed by atoms with Crippen molar-refractivity contribution in [3.63, 3.8) is 0 Å². The Bertz CT molecular complexity index is 633. The molecule has 0 spiro atoms. The SMILES string of the molecule is CCOc1ccc(CNC(=NC)N2CCC(N3CC=CC3)C2)cc1C. The Hall–Kier alpha value is -2.01. The van der Waals surface area contributed by atoms with Crippen LogP contribution in [0.25, 0.3) is 0 Å². The number of guanidine groups is 1. The first-order valence-corrected chi connectivity index (χ1v) is 9.28. The van der Waals surface area contributed by atoms with E-state index < -0.39 is 0 Å². The van der Waals surface area contributed by atoms with E-state index in [1.54, 1.807) is 0 Å². The Morgan fingerprint density at radius 3 is 2.80 bits per heavy atom. The van der Waals surface area contributed by atoms with Crippen molar-refractivity contribution in [1.29, 1.82) is 0 Å². The number of nitrogens with one attached hydrogen (secondary N) is 1. The molecule has 0 radical (unpaired) electrons. The molecule has 0 bridgehead atoms. The zero-order valence-corrected chi connectivity index (χ0v) is 15.7. The van der Waals surface area contributed by atoms with E-state index in [0.29, 0.717) is 12.6 Å². The molecule has 25 heavy (non-hydrogen) atoms. The monoisotopic (exact) mass is 342 g/mol. The molecular formula is C20H30N4O. The molecule has 3 rings (SSSR count). The summed E-state index contributed by atoms with van der Waals surface area (Å²) < 4.78 is 5.62. The fourth-order valence-corrected chi connectivity index (χ4v) is 3.68. The highest BCUT2D eigenvalue weighted by Gasteiger charge is 2.29. The molecule has 0 saturated carbocycles. The van der Waals surface area contributed by atoms with Gasteiger partial charge in [0.05, 0.1) is 6.61 Å². The van der Waals surface area contributed by atoms with Gasteiger partial charge in [0.1, 0.15) is 5.75 Å². The summed E-state index contributed by atoms with van der Waals surface area (Å²) in [5, 5.41) is 3.52. The van der Waals surface area contributed by atoms with Crippen LogP contribution in [-0.4, -0.2) is 61.6 Å². The molecule has 2 aliphatic rings. The van der Waals surface area contributed by atoms with Gasteiger partial charge in [-0.15, -0.1) is 0 Å². The molecule has 136 valence electrons. The molecule has 5 heteroatoms. The van der Waals surface area contributed by atoms with Gasteiger partial charge in [-0.3, -0.25) is 9.89 Å². The van der Waals surface area contributed by atoms with Crippen LogP contribution in [0.5, 0.6) is 5.75 Å². The van der Waals surface area contributed by atoms with Crippen LogP contribution in [0.4, 0.5) is 0 Å². The zero-order valence-electron chi connectivity index (χ0n) is 15.7. The van der Waals surface area contributed by atoms with E-state index in [1.807, 2.05) is 14.0 Å². The molecule has 1 saturated heterocycles. The average Bonchev–Trinajstić information content (AvgIpc) is 3.29. The molecule has 1 aromatic carbocycles. The predicted molar refractivity (Wildman–Crippen MR) is 103 cm³/mol. The van der Waals surface area contributed by atoms with Crippen molar-refractivity contribution >= 4 is 5.96 Å². The zero-order chi connectivity index (χ0) is 17.6. The highest BCUT2D eigenvalue weighted by atomic mass is 16.5. The normalized spacial score (nSPS) is 21.2. The second-order valence-electron chi connectivity index (χ2n) is 6.75. The molecule has 1 unspecified atom stereocenters. The highest BCUT2D eigenvalue weighted by molar-refractivity contribution is 5.80. The summed E-state index contributed by atoms with van der Waals surface area (Å²) >= 11 is 0. The van der Waals surface area contributed by atoms with Crippen molar-refractivity contribution in [2.75, 3.05) is 39.8 Å². The van der Waals surface area contributed by atoms with Gasteiger partial charge in [0.25, 0.3) is 0 Å². The number of rotatable bonds is 5. The lowest BCUT2D eigenvalue weighted by molar-refractivity contribution is 0.259.